The van der Waals surface area contributed by atoms with E-state index in [1.807, 2.05) is 50.3 Å². The Balaban J connectivity index is 1.53. The average Bonchev–Trinajstić information content (AvgIpc) is 3.29. The van der Waals surface area contributed by atoms with Crippen LogP contribution >= 0.6 is 0 Å². The zero-order chi connectivity index (χ0) is 26.8. The molecule has 2 aromatic carbocycles. The van der Waals surface area contributed by atoms with E-state index in [-0.39, 0.29) is 24.5 Å². The molecule has 2 aromatic rings. The second-order valence-electron chi connectivity index (χ2n) is 10.0. The molecule has 0 radical (unpaired) electrons. The fourth-order valence-electron chi connectivity index (χ4n) is 4.99. The van der Waals surface area contributed by atoms with Crippen molar-refractivity contribution in [1.82, 2.24) is 4.90 Å². The van der Waals surface area contributed by atoms with E-state index < -0.39 is 6.10 Å². The van der Waals surface area contributed by atoms with Gasteiger partial charge in [-0.3, -0.25) is 9.69 Å². The van der Waals surface area contributed by atoms with Crippen molar-refractivity contribution >= 4 is 12.0 Å². The summed E-state index contributed by atoms with van der Waals surface area (Å²) in [5.74, 6) is -0.344. The Kier molecular flexibility index (Phi) is 11.3. The third kappa shape index (κ3) is 8.77. The highest BCUT2D eigenvalue weighted by atomic mass is 19.1. The molecule has 1 saturated heterocycles. The lowest BCUT2D eigenvalue weighted by Crippen LogP contribution is -2.39. The molecule has 0 saturated carbocycles. The van der Waals surface area contributed by atoms with Crippen LogP contribution in [0.5, 0.6) is 0 Å². The van der Waals surface area contributed by atoms with Crippen LogP contribution in [-0.4, -0.2) is 54.4 Å². The van der Waals surface area contributed by atoms with Gasteiger partial charge < -0.3 is 14.6 Å². The van der Waals surface area contributed by atoms with Gasteiger partial charge in [0.15, 0.2) is 0 Å². The third-order valence-electron chi connectivity index (χ3n) is 7.09. The maximum atomic E-state index is 14.0. The maximum Gasteiger partial charge on any atom is 0.306 e. The second-order valence-corrected chi connectivity index (χ2v) is 10.0. The number of nitrogens with zero attached hydrogens (tertiary/aromatic N) is 1. The average molecular weight is 512 g/mol. The van der Waals surface area contributed by atoms with Gasteiger partial charge in [-0.05, 0) is 93.8 Å². The van der Waals surface area contributed by atoms with Crippen molar-refractivity contribution < 1.29 is 23.8 Å². The lowest BCUT2D eigenvalue weighted by atomic mass is 9.97. The summed E-state index contributed by atoms with van der Waals surface area (Å²) in [5, 5.41) is 10.8. The minimum Gasteiger partial charge on any atom is -0.466 e. The van der Waals surface area contributed by atoms with Crippen LogP contribution in [0.3, 0.4) is 0 Å². The van der Waals surface area contributed by atoms with Crippen LogP contribution < -0.4 is 0 Å². The predicted octanol–water partition coefficient (Wildman–Crippen LogP) is 5.94. The third-order valence-corrected chi connectivity index (χ3v) is 7.09. The minimum atomic E-state index is -0.605. The molecule has 1 heterocycles. The summed E-state index contributed by atoms with van der Waals surface area (Å²) >= 11 is 0. The number of hydrogen-bond donors (Lipinski definition) is 1. The van der Waals surface area contributed by atoms with Crippen molar-refractivity contribution in [3.8, 4) is 0 Å². The summed E-state index contributed by atoms with van der Waals surface area (Å²) in [6.45, 7) is 9.76. The number of aliphatic hydroxyl groups excluding tert-OH is 1. The Bertz CT molecular complexity index is 1050. The van der Waals surface area contributed by atoms with E-state index in [0.717, 1.165) is 48.1 Å². The molecule has 3 atom stereocenters. The van der Waals surface area contributed by atoms with Crippen LogP contribution in [-0.2, 0) is 20.7 Å². The summed E-state index contributed by atoms with van der Waals surface area (Å²) in [7, 11) is 0. The standard InChI is InChI=1S/C31H42FNO4/c1-5-36-31(35)14-7-6-12-28-22(2)10-8-13-29(28)24(4)37-21-27(34)20-33-17-9-11-26(33)18-25-16-15-23(3)30(32)19-25/h6,8,10,12-13,15-16,19,24,26-27,34H,5,7,9,11,14,17-18,20-21H2,1-4H3/b12-6+/t24-,26+,27?/m1/s1. The quantitative estimate of drug-likeness (QED) is 0.337. The molecule has 202 valence electrons. The topological polar surface area (TPSA) is 59.0 Å². The van der Waals surface area contributed by atoms with Crippen molar-refractivity contribution in [2.45, 2.75) is 78.0 Å². The number of aryl methyl sites for hydroxylation is 2. The molecule has 1 unspecified atom stereocenters. The number of β-amino-alcohol motifs (C(OH)–C–C–N with tert-alkyl or cyclic N) is 1. The van der Waals surface area contributed by atoms with Crippen LogP contribution in [0.4, 0.5) is 4.39 Å². The molecule has 0 spiro atoms. The van der Waals surface area contributed by atoms with Crippen LogP contribution in [0, 0.1) is 19.7 Å². The summed E-state index contributed by atoms with van der Waals surface area (Å²) in [6.07, 6.45) is 7.15. The zero-order valence-electron chi connectivity index (χ0n) is 22.7. The Labute approximate surface area is 221 Å². The van der Waals surface area contributed by atoms with Gasteiger partial charge in [0.2, 0.25) is 0 Å². The summed E-state index contributed by atoms with van der Waals surface area (Å²) in [5.41, 5.74) is 4.94. The molecule has 1 aliphatic heterocycles. The van der Waals surface area contributed by atoms with E-state index in [1.54, 1.807) is 13.0 Å². The summed E-state index contributed by atoms with van der Waals surface area (Å²) in [6, 6.07) is 11.9. The Morgan fingerprint density at radius 3 is 2.81 bits per heavy atom. The summed E-state index contributed by atoms with van der Waals surface area (Å²) < 4.78 is 25.1. The van der Waals surface area contributed by atoms with E-state index in [1.165, 1.54) is 0 Å². The lowest BCUT2D eigenvalue weighted by molar-refractivity contribution is -0.142. The molecular weight excluding hydrogens is 469 g/mol. The van der Waals surface area contributed by atoms with Crippen LogP contribution in [0.2, 0.25) is 0 Å². The number of carbonyl (C=O) groups excluding carboxylic acids is 1. The Morgan fingerprint density at radius 1 is 1.24 bits per heavy atom. The van der Waals surface area contributed by atoms with Crippen LogP contribution in [0.1, 0.15) is 73.5 Å². The number of aliphatic hydroxyl groups is 1. The van der Waals surface area contributed by atoms with Gasteiger partial charge in [-0.15, -0.1) is 0 Å². The first-order valence-corrected chi connectivity index (χ1v) is 13.5. The fraction of sp³-hybridized carbons (Fsp3) is 0.516. The van der Waals surface area contributed by atoms with E-state index in [0.29, 0.717) is 37.6 Å². The SMILES string of the molecule is CCOC(=O)CC/C=C/c1c(C)cccc1[C@@H](C)OCC(O)CN1CCC[C@H]1Cc1ccc(C)c(F)c1. The minimum absolute atomic E-state index is 0.158. The van der Waals surface area contributed by atoms with E-state index >= 15 is 0 Å². The van der Waals surface area contributed by atoms with Gasteiger partial charge in [0.1, 0.15) is 5.82 Å². The number of carbonyl (C=O) groups is 1. The van der Waals surface area contributed by atoms with Crippen molar-refractivity contribution in [2.24, 2.45) is 0 Å². The molecule has 1 N–H and O–H groups in total. The highest BCUT2D eigenvalue weighted by molar-refractivity contribution is 5.69. The van der Waals surface area contributed by atoms with Gasteiger partial charge in [-0.2, -0.15) is 0 Å². The molecule has 5 nitrogen and oxygen atoms in total. The van der Waals surface area contributed by atoms with E-state index in [2.05, 4.69) is 17.9 Å². The van der Waals surface area contributed by atoms with Gasteiger partial charge in [0, 0.05) is 19.0 Å². The number of hydrogen-bond acceptors (Lipinski definition) is 5. The van der Waals surface area contributed by atoms with Crippen molar-refractivity contribution in [1.29, 1.82) is 0 Å². The van der Waals surface area contributed by atoms with Gasteiger partial charge in [-0.1, -0.05) is 42.5 Å². The van der Waals surface area contributed by atoms with Crippen molar-refractivity contribution in [3.05, 3.63) is 76.1 Å². The molecule has 0 aromatic heterocycles. The molecule has 0 aliphatic carbocycles. The number of rotatable bonds is 13. The van der Waals surface area contributed by atoms with Gasteiger partial charge in [-0.25, -0.2) is 4.39 Å². The number of likely N-dealkylation sites (tertiary alicyclic amines) is 1. The lowest BCUT2D eigenvalue weighted by Gasteiger charge is -2.28. The Hall–Kier alpha value is -2.54. The smallest absolute Gasteiger partial charge is 0.306 e. The first-order chi connectivity index (χ1) is 17.8. The van der Waals surface area contributed by atoms with E-state index in [9.17, 15) is 14.3 Å². The zero-order valence-corrected chi connectivity index (χ0v) is 22.7. The van der Waals surface area contributed by atoms with Gasteiger partial charge in [0.05, 0.1) is 25.4 Å². The van der Waals surface area contributed by atoms with Crippen molar-refractivity contribution in [2.75, 3.05) is 26.3 Å². The monoisotopic (exact) mass is 511 g/mol. The number of benzene rings is 2. The Morgan fingerprint density at radius 2 is 2.05 bits per heavy atom. The molecule has 6 heteroatoms. The highest BCUT2D eigenvalue weighted by Gasteiger charge is 2.27. The van der Waals surface area contributed by atoms with Gasteiger partial charge >= 0.3 is 5.97 Å². The first kappa shape index (κ1) is 29.0. The predicted molar refractivity (Wildman–Crippen MR) is 146 cm³/mol. The molecule has 3 rings (SSSR count). The summed E-state index contributed by atoms with van der Waals surface area (Å²) in [4.78, 5) is 13.9. The molecule has 0 amide bonds. The van der Waals surface area contributed by atoms with E-state index in [4.69, 9.17) is 9.47 Å². The fourth-order valence-corrected chi connectivity index (χ4v) is 4.99. The second kappa shape index (κ2) is 14.4. The van der Waals surface area contributed by atoms with Crippen LogP contribution in [0.15, 0.2) is 42.5 Å². The number of halogens is 1. The molecule has 37 heavy (non-hydrogen) atoms. The highest BCUT2D eigenvalue weighted by Crippen LogP contribution is 2.26. The molecule has 0 bridgehead atoms. The van der Waals surface area contributed by atoms with Gasteiger partial charge in [0.25, 0.3) is 0 Å². The first-order valence-electron chi connectivity index (χ1n) is 13.5. The molecular formula is C31H42FNO4. The maximum absolute atomic E-state index is 14.0. The normalized spacial score (nSPS) is 17.8. The molecule has 1 aliphatic rings. The van der Waals surface area contributed by atoms with Crippen LogP contribution in [0.25, 0.3) is 6.08 Å². The number of ether oxygens (including phenoxy) is 2. The van der Waals surface area contributed by atoms with Crippen molar-refractivity contribution in [3.63, 3.8) is 0 Å². The number of esters is 1. The molecule has 1 fully saturated rings. The number of allylic oxidation sites excluding steroid dienone is 1. The largest absolute Gasteiger partial charge is 0.466 e.